The van der Waals surface area contributed by atoms with Crippen LogP contribution < -0.4 is 4.74 Å². The summed E-state index contributed by atoms with van der Waals surface area (Å²) in [6.45, 7) is 4.21. The molecule has 0 radical (unpaired) electrons. The van der Waals surface area contributed by atoms with E-state index in [4.69, 9.17) is 4.74 Å². The molecule has 0 aromatic carbocycles. The van der Waals surface area contributed by atoms with Crippen molar-refractivity contribution in [2.24, 2.45) is 0 Å². The molecular formula is C15H25F3N2O. The van der Waals surface area contributed by atoms with Gasteiger partial charge < -0.3 is 4.74 Å². The fourth-order valence-corrected chi connectivity index (χ4v) is 2.10. The first kappa shape index (κ1) is 19.7. The number of rotatable bonds is 2. The minimum Gasteiger partial charge on any atom is -0.474 e. The van der Waals surface area contributed by atoms with Crippen LogP contribution in [0.2, 0.25) is 0 Å². The second kappa shape index (κ2) is 11.3. The lowest BCUT2D eigenvalue weighted by Gasteiger charge is -2.22. The smallest absolute Gasteiger partial charge is 0.379 e. The third-order valence-electron chi connectivity index (χ3n) is 2.78. The first-order valence-corrected chi connectivity index (χ1v) is 7.38. The molecular weight excluding hydrogens is 281 g/mol. The highest BCUT2D eigenvalue weighted by Crippen LogP contribution is 2.22. The van der Waals surface area contributed by atoms with Crippen LogP contribution in [0.3, 0.4) is 0 Å². The Bertz CT molecular complexity index is 360. The Morgan fingerprint density at radius 3 is 2.05 bits per heavy atom. The quantitative estimate of drug-likeness (QED) is 0.770. The van der Waals surface area contributed by atoms with Crippen molar-refractivity contribution in [2.75, 3.05) is 0 Å². The van der Waals surface area contributed by atoms with Gasteiger partial charge in [0.25, 0.3) is 0 Å². The minimum absolute atomic E-state index is 0.368. The highest BCUT2D eigenvalue weighted by Gasteiger charge is 2.15. The van der Waals surface area contributed by atoms with Crippen LogP contribution in [0.25, 0.3) is 0 Å². The van der Waals surface area contributed by atoms with Crippen LogP contribution in [-0.4, -0.2) is 22.8 Å². The lowest BCUT2D eigenvalue weighted by molar-refractivity contribution is 0.00819. The molecule has 2 rings (SSSR count). The molecule has 0 saturated heterocycles. The number of alkyl halides is 3. The zero-order chi connectivity index (χ0) is 16.3. The summed E-state index contributed by atoms with van der Waals surface area (Å²) in [6, 6.07) is 1.92. The molecule has 21 heavy (non-hydrogen) atoms. The van der Waals surface area contributed by atoms with Gasteiger partial charge in [-0.3, -0.25) is 0 Å². The third kappa shape index (κ3) is 10.1. The summed E-state index contributed by atoms with van der Waals surface area (Å²) in [5.74, 6) is 1.53. The topological polar surface area (TPSA) is 35.0 Å². The van der Waals surface area contributed by atoms with E-state index in [1.807, 2.05) is 33.8 Å². The predicted octanol–water partition coefficient (Wildman–Crippen LogP) is 5.01. The fourth-order valence-electron chi connectivity index (χ4n) is 2.10. The van der Waals surface area contributed by atoms with E-state index >= 15 is 0 Å². The molecule has 0 amide bonds. The molecule has 1 aliphatic rings. The predicted molar refractivity (Wildman–Crippen MR) is 77.5 cm³/mol. The van der Waals surface area contributed by atoms with E-state index in [0.717, 1.165) is 17.4 Å². The van der Waals surface area contributed by atoms with Crippen LogP contribution in [0.15, 0.2) is 6.07 Å². The highest BCUT2D eigenvalue weighted by molar-refractivity contribution is 5.15. The van der Waals surface area contributed by atoms with E-state index in [0.29, 0.717) is 6.10 Å². The molecule has 1 heterocycles. The molecule has 0 N–H and O–H groups in total. The van der Waals surface area contributed by atoms with E-state index in [2.05, 4.69) is 9.97 Å². The maximum atomic E-state index is 9.67. The van der Waals surface area contributed by atoms with E-state index in [9.17, 15) is 13.2 Å². The van der Waals surface area contributed by atoms with Gasteiger partial charge in [-0.25, -0.2) is 4.98 Å². The second-order valence-electron chi connectivity index (χ2n) is 4.52. The van der Waals surface area contributed by atoms with E-state index in [1.165, 1.54) is 32.1 Å². The number of hydrogen-bond acceptors (Lipinski definition) is 3. The molecule has 0 unspecified atom stereocenters. The van der Waals surface area contributed by atoms with Crippen molar-refractivity contribution >= 4 is 0 Å². The van der Waals surface area contributed by atoms with Crippen LogP contribution in [0.1, 0.15) is 57.5 Å². The Morgan fingerprint density at radius 1 is 1.05 bits per heavy atom. The maximum absolute atomic E-state index is 9.67. The van der Waals surface area contributed by atoms with Gasteiger partial charge in [-0.15, -0.1) is 0 Å². The number of ether oxygens (including phenoxy) is 1. The molecule has 0 aliphatic heterocycles. The summed E-state index contributed by atoms with van der Waals surface area (Å²) >= 11 is 0. The summed E-state index contributed by atoms with van der Waals surface area (Å²) in [5, 5.41) is 0. The Hall–Kier alpha value is -1.33. The van der Waals surface area contributed by atoms with E-state index < -0.39 is 6.68 Å². The zero-order valence-electron chi connectivity index (χ0n) is 13.2. The molecule has 3 nitrogen and oxygen atoms in total. The summed E-state index contributed by atoms with van der Waals surface area (Å²) in [4.78, 5) is 8.53. The SMILES string of the molecule is CC.Cc1cc(OC2CCCCC2)nc(C)n1.FC(F)F. The molecule has 0 bridgehead atoms. The largest absolute Gasteiger partial charge is 0.474 e. The Balaban J connectivity index is 0.000000579. The van der Waals surface area contributed by atoms with Crippen LogP contribution in [0.5, 0.6) is 5.88 Å². The number of aromatic nitrogens is 2. The van der Waals surface area contributed by atoms with Crippen molar-refractivity contribution in [3.63, 3.8) is 0 Å². The van der Waals surface area contributed by atoms with Gasteiger partial charge in [0.1, 0.15) is 11.9 Å². The molecule has 122 valence electrons. The molecule has 1 aromatic heterocycles. The van der Waals surface area contributed by atoms with Gasteiger partial charge in [0.05, 0.1) is 0 Å². The van der Waals surface area contributed by atoms with Crippen LogP contribution >= 0.6 is 0 Å². The molecule has 1 fully saturated rings. The van der Waals surface area contributed by atoms with Crippen molar-refractivity contribution in [3.8, 4) is 5.88 Å². The normalized spacial score (nSPS) is 14.7. The van der Waals surface area contributed by atoms with E-state index in [-0.39, 0.29) is 0 Å². The maximum Gasteiger partial charge on any atom is 0.379 e. The molecule has 0 atom stereocenters. The van der Waals surface area contributed by atoms with Gasteiger partial charge in [0.2, 0.25) is 5.88 Å². The van der Waals surface area contributed by atoms with Gasteiger partial charge in [0, 0.05) is 11.8 Å². The minimum atomic E-state index is -3.67. The summed E-state index contributed by atoms with van der Waals surface area (Å²) in [6.07, 6.45) is 6.63. The van der Waals surface area contributed by atoms with Gasteiger partial charge in [0.15, 0.2) is 0 Å². The molecule has 6 heteroatoms. The number of halogens is 3. The molecule has 1 saturated carbocycles. The van der Waals surface area contributed by atoms with Crippen LogP contribution in [-0.2, 0) is 0 Å². The van der Waals surface area contributed by atoms with Crippen LogP contribution in [0.4, 0.5) is 13.2 Å². The van der Waals surface area contributed by atoms with Crippen molar-refractivity contribution in [1.82, 2.24) is 9.97 Å². The zero-order valence-corrected chi connectivity index (χ0v) is 13.2. The summed E-state index contributed by atoms with van der Waals surface area (Å²) < 4.78 is 34.9. The first-order chi connectivity index (χ1) is 9.97. The first-order valence-electron chi connectivity index (χ1n) is 7.38. The Morgan fingerprint density at radius 2 is 1.57 bits per heavy atom. The van der Waals surface area contributed by atoms with Crippen molar-refractivity contribution < 1.29 is 17.9 Å². The number of aryl methyl sites for hydroxylation is 2. The Labute approximate surface area is 125 Å². The van der Waals surface area contributed by atoms with Gasteiger partial charge >= 0.3 is 6.68 Å². The average molecular weight is 306 g/mol. The third-order valence-corrected chi connectivity index (χ3v) is 2.78. The van der Waals surface area contributed by atoms with Crippen molar-refractivity contribution in [1.29, 1.82) is 0 Å². The van der Waals surface area contributed by atoms with E-state index in [1.54, 1.807) is 0 Å². The number of hydrogen-bond donors (Lipinski definition) is 0. The highest BCUT2D eigenvalue weighted by atomic mass is 19.4. The van der Waals surface area contributed by atoms with Crippen LogP contribution in [0, 0.1) is 13.8 Å². The van der Waals surface area contributed by atoms with Gasteiger partial charge in [-0.2, -0.15) is 18.2 Å². The lowest BCUT2D eigenvalue weighted by atomic mass is 9.98. The second-order valence-corrected chi connectivity index (χ2v) is 4.52. The monoisotopic (exact) mass is 306 g/mol. The summed E-state index contributed by atoms with van der Waals surface area (Å²) in [7, 11) is 0. The molecule has 0 spiro atoms. The van der Waals surface area contributed by atoms with Crippen molar-refractivity contribution in [3.05, 3.63) is 17.6 Å². The molecule has 1 aliphatic carbocycles. The standard InChI is InChI=1S/C12H18N2O.C2H6.CHF3/c1-9-8-12(14-10(2)13-9)15-11-6-4-3-5-7-11;1-2;2-1(3)4/h8,11H,3-7H2,1-2H3;1-2H3;1H. The van der Waals surface area contributed by atoms with Gasteiger partial charge in [-0.05, 0) is 39.5 Å². The Kier molecular flexibility index (Phi) is 10.6. The average Bonchev–Trinajstić information content (AvgIpc) is 2.40. The molecule has 1 aromatic rings. The van der Waals surface area contributed by atoms with Crippen molar-refractivity contribution in [2.45, 2.75) is 72.6 Å². The fraction of sp³-hybridized carbons (Fsp3) is 0.733. The van der Waals surface area contributed by atoms with Gasteiger partial charge in [-0.1, -0.05) is 20.3 Å². The number of nitrogens with zero attached hydrogens (tertiary/aromatic N) is 2. The lowest BCUT2D eigenvalue weighted by Crippen LogP contribution is -2.20. The summed E-state index contributed by atoms with van der Waals surface area (Å²) in [5.41, 5.74) is 0.980.